The second kappa shape index (κ2) is 10.8. The molecule has 0 aliphatic heterocycles. The van der Waals surface area contributed by atoms with E-state index in [1.165, 1.54) is 0 Å². The molecule has 0 fully saturated rings. The minimum atomic E-state index is -0.203. The molecule has 0 aromatic heterocycles. The van der Waals surface area contributed by atoms with Gasteiger partial charge in [-0.25, -0.2) is 0 Å². The molecule has 5 nitrogen and oxygen atoms in total. The summed E-state index contributed by atoms with van der Waals surface area (Å²) in [4.78, 5) is 26.8. The number of nitrogens with one attached hydrogen (secondary N) is 2. The molecule has 2 amide bonds. The van der Waals surface area contributed by atoms with Crippen LogP contribution in [-0.4, -0.2) is 36.3 Å². The topological polar surface area (TPSA) is 61.4 Å². The van der Waals surface area contributed by atoms with Gasteiger partial charge in [-0.2, -0.15) is 0 Å². The molecule has 1 unspecified atom stereocenters. The van der Waals surface area contributed by atoms with E-state index in [2.05, 4.69) is 10.6 Å². The number of amides is 2. The van der Waals surface area contributed by atoms with E-state index in [4.69, 9.17) is 11.6 Å². The molecule has 1 atom stereocenters. The molecule has 0 heterocycles. The van der Waals surface area contributed by atoms with Gasteiger partial charge in [0.05, 0.1) is 19.1 Å². The minimum absolute atomic E-state index is 0.130. The van der Waals surface area contributed by atoms with Crippen LogP contribution in [0.5, 0.6) is 0 Å². The van der Waals surface area contributed by atoms with Crippen LogP contribution >= 0.6 is 11.6 Å². The number of hydrogen-bond donors (Lipinski definition) is 2. The maximum absolute atomic E-state index is 12.5. The van der Waals surface area contributed by atoms with Crippen LogP contribution in [0.25, 0.3) is 0 Å². The van der Waals surface area contributed by atoms with E-state index >= 15 is 0 Å². The lowest BCUT2D eigenvalue weighted by atomic mass is 10.1. The monoisotopic (exact) mass is 401 g/mol. The highest BCUT2D eigenvalue weighted by molar-refractivity contribution is 6.31. The van der Waals surface area contributed by atoms with Gasteiger partial charge in [0, 0.05) is 10.7 Å². The molecule has 0 saturated heterocycles. The normalized spacial score (nSPS) is 11.9. The summed E-state index contributed by atoms with van der Waals surface area (Å²) in [5.74, 6) is -0.265. The molecule has 150 valence electrons. The van der Waals surface area contributed by atoms with Crippen molar-refractivity contribution in [1.82, 2.24) is 10.2 Å². The Kier molecular flexibility index (Phi) is 8.48. The zero-order valence-corrected chi connectivity index (χ0v) is 17.4. The fourth-order valence-electron chi connectivity index (χ4n) is 3.03. The lowest BCUT2D eigenvalue weighted by Gasteiger charge is -2.22. The summed E-state index contributed by atoms with van der Waals surface area (Å²) in [7, 11) is 0. The minimum Gasteiger partial charge on any atom is -0.348 e. The zero-order chi connectivity index (χ0) is 20.5. The number of carbonyl (C=O) groups is 2. The van der Waals surface area contributed by atoms with Crippen LogP contribution in [0, 0.1) is 6.92 Å². The average Bonchev–Trinajstić information content (AvgIpc) is 2.64. The quantitative estimate of drug-likeness (QED) is 0.662. The molecule has 0 aliphatic rings. The predicted molar refractivity (Wildman–Crippen MR) is 115 cm³/mol. The van der Waals surface area contributed by atoms with Crippen LogP contribution in [0.3, 0.4) is 0 Å². The van der Waals surface area contributed by atoms with Crippen molar-refractivity contribution in [3.05, 3.63) is 64.7 Å². The third-order valence-electron chi connectivity index (χ3n) is 4.44. The lowest BCUT2D eigenvalue weighted by Crippen LogP contribution is -2.42. The average molecular weight is 402 g/mol. The molecule has 0 radical (unpaired) electrons. The molecule has 0 spiro atoms. The number of carbonyl (C=O) groups excluding carboxylic acids is 2. The van der Waals surface area contributed by atoms with Gasteiger partial charge >= 0.3 is 0 Å². The van der Waals surface area contributed by atoms with Crippen LogP contribution in [-0.2, 0) is 9.59 Å². The molecular weight excluding hydrogens is 374 g/mol. The van der Waals surface area contributed by atoms with Crippen molar-refractivity contribution >= 4 is 29.1 Å². The SMILES string of the molecule is CCCN(CC(=O)Nc1ccccc1C)CC(=O)NC(C)c1ccccc1Cl. The van der Waals surface area contributed by atoms with Crippen molar-refractivity contribution in [2.24, 2.45) is 0 Å². The molecule has 0 aliphatic carbocycles. The Bertz CT molecular complexity index is 810. The Morgan fingerprint density at radius 2 is 1.68 bits per heavy atom. The second-order valence-corrected chi connectivity index (χ2v) is 7.29. The summed E-state index contributed by atoms with van der Waals surface area (Å²) in [6.07, 6.45) is 0.852. The van der Waals surface area contributed by atoms with Crippen LogP contribution in [0.2, 0.25) is 5.02 Å². The third kappa shape index (κ3) is 6.66. The van der Waals surface area contributed by atoms with Crippen LogP contribution < -0.4 is 10.6 Å². The van der Waals surface area contributed by atoms with E-state index in [-0.39, 0.29) is 30.9 Å². The van der Waals surface area contributed by atoms with E-state index in [0.717, 1.165) is 23.2 Å². The third-order valence-corrected chi connectivity index (χ3v) is 4.79. The second-order valence-electron chi connectivity index (χ2n) is 6.88. The van der Waals surface area contributed by atoms with E-state index in [1.807, 2.05) is 68.1 Å². The molecule has 6 heteroatoms. The first-order chi connectivity index (χ1) is 13.4. The number of nitrogens with zero attached hydrogens (tertiary/aromatic N) is 1. The first kappa shape index (κ1) is 21.9. The van der Waals surface area contributed by atoms with Crippen molar-refractivity contribution < 1.29 is 9.59 Å². The number of benzene rings is 2. The number of rotatable bonds is 9. The van der Waals surface area contributed by atoms with Gasteiger partial charge in [0.15, 0.2) is 0 Å². The van der Waals surface area contributed by atoms with Crippen molar-refractivity contribution in [3.8, 4) is 0 Å². The molecular formula is C22H28ClN3O2. The summed E-state index contributed by atoms with van der Waals surface area (Å²) in [6.45, 7) is 6.85. The Balaban J connectivity index is 1.92. The van der Waals surface area contributed by atoms with Gasteiger partial charge in [0.25, 0.3) is 0 Å². The molecule has 2 N–H and O–H groups in total. The van der Waals surface area contributed by atoms with Crippen molar-refractivity contribution in [1.29, 1.82) is 0 Å². The fraction of sp³-hybridized carbons (Fsp3) is 0.364. The van der Waals surface area contributed by atoms with E-state index in [9.17, 15) is 9.59 Å². The number of para-hydroxylation sites is 1. The molecule has 0 bridgehead atoms. The van der Waals surface area contributed by atoms with Crippen LogP contribution in [0.1, 0.15) is 37.4 Å². The molecule has 2 aromatic rings. The summed E-state index contributed by atoms with van der Waals surface area (Å²) in [6, 6.07) is 14.9. The Morgan fingerprint density at radius 3 is 2.36 bits per heavy atom. The maximum Gasteiger partial charge on any atom is 0.238 e. The van der Waals surface area contributed by atoms with E-state index < -0.39 is 0 Å². The molecule has 2 aromatic carbocycles. The Morgan fingerprint density at radius 1 is 1.04 bits per heavy atom. The number of aryl methyl sites for hydroxylation is 1. The number of halogens is 1. The van der Waals surface area contributed by atoms with Crippen molar-refractivity contribution in [2.45, 2.75) is 33.2 Å². The van der Waals surface area contributed by atoms with Crippen LogP contribution in [0.4, 0.5) is 5.69 Å². The Hall–Kier alpha value is -2.37. The van der Waals surface area contributed by atoms with Crippen molar-refractivity contribution in [2.75, 3.05) is 25.0 Å². The van der Waals surface area contributed by atoms with Crippen molar-refractivity contribution in [3.63, 3.8) is 0 Å². The van der Waals surface area contributed by atoms with Gasteiger partial charge in [0.2, 0.25) is 11.8 Å². The highest BCUT2D eigenvalue weighted by Crippen LogP contribution is 2.22. The lowest BCUT2D eigenvalue weighted by molar-refractivity contribution is -0.124. The summed E-state index contributed by atoms with van der Waals surface area (Å²) in [5.41, 5.74) is 2.67. The van der Waals surface area contributed by atoms with Gasteiger partial charge in [-0.3, -0.25) is 14.5 Å². The first-order valence-electron chi connectivity index (χ1n) is 9.52. The molecule has 0 saturated carbocycles. The number of anilines is 1. The largest absolute Gasteiger partial charge is 0.348 e. The van der Waals surface area contributed by atoms with E-state index in [1.54, 1.807) is 6.07 Å². The fourth-order valence-corrected chi connectivity index (χ4v) is 3.33. The molecule has 2 rings (SSSR count). The summed E-state index contributed by atoms with van der Waals surface area (Å²) < 4.78 is 0. The van der Waals surface area contributed by atoms with Gasteiger partial charge in [-0.15, -0.1) is 0 Å². The standard InChI is InChI=1S/C22H28ClN3O2/c1-4-13-26(15-22(28)25-20-12-8-5-9-16(20)2)14-21(27)24-17(3)18-10-6-7-11-19(18)23/h5-12,17H,4,13-15H2,1-3H3,(H,24,27)(H,25,28). The van der Waals surface area contributed by atoms with Gasteiger partial charge in [-0.05, 0) is 50.1 Å². The first-order valence-corrected chi connectivity index (χ1v) is 9.90. The highest BCUT2D eigenvalue weighted by atomic mass is 35.5. The summed E-state index contributed by atoms with van der Waals surface area (Å²) >= 11 is 6.20. The van der Waals surface area contributed by atoms with E-state index in [0.29, 0.717) is 11.6 Å². The predicted octanol–water partition coefficient (Wildman–Crippen LogP) is 4.18. The Labute approximate surface area is 172 Å². The van der Waals surface area contributed by atoms with Gasteiger partial charge in [0.1, 0.15) is 0 Å². The smallest absolute Gasteiger partial charge is 0.238 e. The van der Waals surface area contributed by atoms with Gasteiger partial charge < -0.3 is 10.6 Å². The zero-order valence-electron chi connectivity index (χ0n) is 16.7. The highest BCUT2D eigenvalue weighted by Gasteiger charge is 2.17. The van der Waals surface area contributed by atoms with Gasteiger partial charge in [-0.1, -0.05) is 54.9 Å². The maximum atomic E-state index is 12.5. The van der Waals surface area contributed by atoms with Crippen LogP contribution in [0.15, 0.2) is 48.5 Å². The number of hydrogen-bond acceptors (Lipinski definition) is 3. The molecule has 28 heavy (non-hydrogen) atoms. The summed E-state index contributed by atoms with van der Waals surface area (Å²) in [5, 5.41) is 6.50.